The van der Waals surface area contributed by atoms with E-state index in [4.69, 9.17) is 9.97 Å². The van der Waals surface area contributed by atoms with Gasteiger partial charge in [-0.1, -0.05) is 55.5 Å². The standard InChI is InChI=1S/C29H30N4OS2/c1-5-32(6-2)13-14-33(29-31-27-20(4)16-19(3)17-26(27)36-29)28(34)22-18-24(25-12-9-15-35-25)30-23-11-8-7-10-21(22)23/h7-12,15-18H,5-6,13-14H2,1-4H3. The van der Waals surface area contributed by atoms with E-state index in [0.717, 1.165) is 62.0 Å². The lowest BCUT2D eigenvalue weighted by molar-refractivity contribution is 0.0985. The molecule has 0 aliphatic heterocycles. The van der Waals surface area contributed by atoms with E-state index in [2.05, 4.69) is 44.7 Å². The Balaban J connectivity index is 1.64. The molecule has 3 aromatic heterocycles. The van der Waals surface area contributed by atoms with Crippen molar-refractivity contribution in [2.45, 2.75) is 27.7 Å². The maximum Gasteiger partial charge on any atom is 0.260 e. The van der Waals surface area contributed by atoms with Gasteiger partial charge < -0.3 is 4.90 Å². The van der Waals surface area contributed by atoms with Crippen molar-refractivity contribution >= 4 is 54.8 Å². The van der Waals surface area contributed by atoms with E-state index in [9.17, 15) is 4.79 Å². The third-order valence-electron chi connectivity index (χ3n) is 6.55. The minimum absolute atomic E-state index is 0.0352. The molecule has 0 N–H and O–H groups in total. The first-order chi connectivity index (χ1) is 17.5. The number of hydrogen-bond acceptors (Lipinski definition) is 6. The molecular formula is C29H30N4OS2. The van der Waals surface area contributed by atoms with E-state index in [1.54, 1.807) is 22.7 Å². The monoisotopic (exact) mass is 514 g/mol. The van der Waals surface area contributed by atoms with Gasteiger partial charge in [0.2, 0.25) is 0 Å². The first-order valence-electron chi connectivity index (χ1n) is 12.3. The zero-order valence-corrected chi connectivity index (χ0v) is 22.7. The number of anilines is 1. The molecular weight excluding hydrogens is 484 g/mol. The fourth-order valence-corrected chi connectivity index (χ4v) is 6.44. The Bertz CT molecular complexity index is 1520. The van der Waals surface area contributed by atoms with Crippen LogP contribution in [-0.2, 0) is 0 Å². The van der Waals surface area contributed by atoms with Crippen molar-refractivity contribution in [3.8, 4) is 10.6 Å². The van der Waals surface area contributed by atoms with Crippen LogP contribution in [0.4, 0.5) is 5.13 Å². The van der Waals surface area contributed by atoms with Crippen molar-refractivity contribution in [1.82, 2.24) is 14.9 Å². The van der Waals surface area contributed by atoms with Gasteiger partial charge in [0.05, 0.1) is 31.9 Å². The second-order valence-electron chi connectivity index (χ2n) is 8.96. The highest BCUT2D eigenvalue weighted by Crippen LogP contribution is 2.34. The third kappa shape index (κ3) is 4.78. The van der Waals surface area contributed by atoms with Crippen LogP contribution in [0.3, 0.4) is 0 Å². The number of fused-ring (bicyclic) bond motifs is 2. The summed E-state index contributed by atoms with van der Waals surface area (Å²) in [7, 11) is 0. The molecule has 0 radical (unpaired) electrons. The second kappa shape index (κ2) is 10.5. The van der Waals surface area contributed by atoms with Crippen LogP contribution in [0, 0.1) is 13.8 Å². The van der Waals surface area contributed by atoms with Crippen LogP contribution < -0.4 is 4.90 Å². The number of hydrogen-bond donors (Lipinski definition) is 0. The van der Waals surface area contributed by atoms with Gasteiger partial charge in [-0.05, 0) is 67.7 Å². The molecule has 3 heterocycles. The number of aryl methyl sites for hydroxylation is 2. The zero-order valence-electron chi connectivity index (χ0n) is 21.1. The Morgan fingerprint density at radius 3 is 2.50 bits per heavy atom. The van der Waals surface area contributed by atoms with E-state index in [1.807, 2.05) is 52.7 Å². The highest BCUT2D eigenvalue weighted by atomic mass is 32.1. The van der Waals surface area contributed by atoms with Crippen LogP contribution in [0.25, 0.3) is 31.7 Å². The molecule has 184 valence electrons. The molecule has 1 amide bonds. The SMILES string of the molecule is CCN(CC)CCN(C(=O)c1cc(-c2cccs2)nc2ccccc12)c1nc2c(C)cc(C)cc2s1. The average molecular weight is 515 g/mol. The van der Waals surface area contributed by atoms with Gasteiger partial charge in [-0.2, -0.15) is 0 Å². The number of amides is 1. The molecule has 5 aromatic rings. The van der Waals surface area contributed by atoms with E-state index >= 15 is 0 Å². The van der Waals surface area contributed by atoms with Crippen LogP contribution in [-0.4, -0.2) is 47.0 Å². The maximum atomic E-state index is 14.3. The summed E-state index contributed by atoms with van der Waals surface area (Å²) in [6.07, 6.45) is 0. The molecule has 2 aromatic carbocycles. The van der Waals surface area contributed by atoms with Gasteiger partial charge in [-0.3, -0.25) is 9.69 Å². The van der Waals surface area contributed by atoms with E-state index in [1.165, 1.54) is 5.56 Å². The second-order valence-corrected chi connectivity index (χ2v) is 10.9. The number of benzene rings is 2. The molecule has 5 rings (SSSR count). The fourth-order valence-electron chi connectivity index (χ4n) is 4.59. The smallest absolute Gasteiger partial charge is 0.260 e. The van der Waals surface area contributed by atoms with Crippen molar-refractivity contribution in [1.29, 1.82) is 0 Å². The number of nitrogens with zero attached hydrogens (tertiary/aromatic N) is 4. The molecule has 0 spiro atoms. The topological polar surface area (TPSA) is 49.3 Å². The molecule has 0 saturated carbocycles. The van der Waals surface area contributed by atoms with Gasteiger partial charge in [0.15, 0.2) is 5.13 Å². The minimum Gasteiger partial charge on any atom is -0.302 e. The van der Waals surface area contributed by atoms with Gasteiger partial charge in [0.1, 0.15) is 0 Å². The summed E-state index contributed by atoms with van der Waals surface area (Å²) in [6, 6.07) is 18.2. The summed E-state index contributed by atoms with van der Waals surface area (Å²) >= 11 is 3.22. The van der Waals surface area contributed by atoms with Gasteiger partial charge >= 0.3 is 0 Å². The van der Waals surface area contributed by atoms with Crippen LogP contribution in [0.15, 0.2) is 60.0 Å². The number of carbonyl (C=O) groups excluding carboxylic acids is 1. The minimum atomic E-state index is -0.0352. The van der Waals surface area contributed by atoms with Crippen LogP contribution in [0.5, 0.6) is 0 Å². The Kier molecular flexibility index (Phi) is 7.14. The van der Waals surface area contributed by atoms with Gasteiger partial charge in [0.25, 0.3) is 5.91 Å². The summed E-state index contributed by atoms with van der Waals surface area (Å²) in [5.74, 6) is -0.0352. The number of thiazole rings is 1. The lowest BCUT2D eigenvalue weighted by Gasteiger charge is -2.25. The fraction of sp³-hybridized carbons (Fsp3) is 0.276. The molecule has 0 aliphatic carbocycles. The van der Waals surface area contributed by atoms with Crippen LogP contribution in [0.2, 0.25) is 0 Å². The van der Waals surface area contributed by atoms with Crippen molar-refractivity contribution < 1.29 is 4.79 Å². The molecule has 36 heavy (non-hydrogen) atoms. The molecule has 0 saturated heterocycles. The summed E-state index contributed by atoms with van der Waals surface area (Å²) < 4.78 is 1.11. The first kappa shape index (κ1) is 24.6. The normalized spacial score (nSPS) is 11.6. The number of aromatic nitrogens is 2. The Morgan fingerprint density at radius 1 is 0.944 bits per heavy atom. The zero-order chi connectivity index (χ0) is 25.2. The summed E-state index contributed by atoms with van der Waals surface area (Å²) in [5, 5.41) is 3.65. The van der Waals surface area contributed by atoms with Crippen molar-refractivity contribution in [3.63, 3.8) is 0 Å². The number of rotatable bonds is 8. The largest absolute Gasteiger partial charge is 0.302 e. The molecule has 0 fully saturated rings. The average Bonchev–Trinajstić information content (AvgIpc) is 3.56. The number of carbonyl (C=O) groups is 1. The van der Waals surface area contributed by atoms with Gasteiger partial charge in [-0.15, -0.1) is 11.3 Å². The Labute approximate surface area is 220 Å². The summed E-state index contributed by atoms with van der Waals surface area (Å²) in [5.41, 5.74) is 5.63. The van der Waals surface area contributed by atoms with Crippen molar-refractivity contribution in [3.05, 3.63) is 76.7 Å². The predicted molar refractivity (Wildman–Crippen MR) is 154 cm³/mol. The molecule has 5 nitrogen and oxygen atoms in total. The number of thiophene rings is 1. The van der Waals surface area contributed by atoms with Gasteiger partial charge in [0, 0.05) is 18.5 Å². The first-order valence-corrected chi connectivity index (χ1v) is 14.0. The summed E-state index contributed by atoms with van der Waals surface area (Å²) in [4.78, 5) is 29.5. The lowest BCUT2D eigenvalue weighted by Crippen LogP contribution is -2.39. The van der Waals surface area contributed by atoms with Crippen molar-refractivity contribution in [2.75, 3.05) is 31.1 Å². The highest BCUT2D eigenvalue weighted by molar-refractivity contribution is 7.22. The molecule has 0 bridgehead atoms. The Hall–Kier alpha value is -3.13. The summed E-state index contributed by atoms with van der Waals surface area (Å²) in [6.45, 7) is 11.7. The lowest BCUT2D eigenvalue weighted by atomic mass is 10.1. The highest BCUT2D eigenvalue weighted by Gasteiger charge is 2.25. The van der Waals surface area contributed by atoms with Gasteiger partial charge in [-0.25, -0.2) is 9.97 Å². The maximum absolute atomic E-state index is 14.3. The van der Waals surface area contributed by atoms with Crippen LogP contribution >= 0.6 is 22.7 Å². The Morgan fingerprint density at radius 2 is 1.75 bits per heavy atom. The molecule has 0 unspecified atom stereocenters. The third-order valence-corrected chi connectivity index (χ3v) is 8.47. The molecule has 0 atom stereocenters. The van der Waals surface area contributed by atoms with E-state index < -0.39 is 0 Å². The van der Waals surface area contributed by atoms with Crippen LogP contribution in [0.1, 0.15) is 35.3 Å². The molecule has 0 aliphatic rings. The number of likely N-dealkylation sites (N-methyl/N-ethyl adjacent to an activating group) is 1. The number of para-hydroxylation sites is 1. The number of pyridine rings is 1. The quantitative estimate of drug-likeness (QED) is 0.220. The van der Waals surface area contributed by atoms with Crippen molar-refractivity contribution in [2.24, 2.45) is 0 Å². The molecule has 7 heteroatoms. The predicted octanol–water partition coefficient (Wildman–Crippen LogP) is 7.18. The van der Waals surface area contributed by atoms with E-state index in [0.29, 0.717) is 12.1 Å². The van der Waals surface area contributed by atoms with E-state index in [-0.39, 0.29) is 5.91 Å².